The molecule has 140 valence electrons. The Balaban J connectivity index is 1.76. The van der Waals surface area contributed by atoms with Crippen molar-refractivity contribution in [2.45, 2.75) is 46.1 Å². The maximum Gasteiger partial charge on any atom is 0.308 e. The van der Waals surface area contributed by atoms with E-state index in [1.165, 1.54) is 7.11 Å². The highest BCUT2D eigenvalue weighted by Crippen LogP contribution is 2.18. The average molecular weight is 349 g/mol. The van der Waals surface area contributed by atoms with Gasteiger partial charge in [-0.05, 0) is 39.5 Å². The van der Waals surface area contributed by atoms with Gasteiger partial charge in [0, 0.05) is 45.1 Å². The Morgan fingerprint density at radius 1 is 1.40 bits per heavy atom. The van der Waals surface area contributed by atoms with Crippen molar-refractivity contribution < 1.29 is 9.53 Å². The molecule has 0 unspecified atom stereocenters. The highest BCUT2D eigenvalue weighted by molar-refractivity contribution is 5.80. The average Bonchev–Trinajstić information content (AvgIpc) is 3.05. The lowest BCUT2D eigenvalue weighted by Crippen LogP contribution is -2.46. The molecule has 0 spiro atoms. The molecule has 0 radical (unpaired) electrons. The number of carbonyl (C=O) groups is 1. The van der Waals surface area contributed by atoms with Gasteiger partial charge >= 0.3 is 5.97 Å². The van der Waals surface area contributed by atoms with Crippen LogP contribution < -0.4 is 5.32 Å². The number of nitrogens with zero attached hydrogens (tertiary/aromatic N) is 4. The van der Waals surface area contributed by atoms with E-state index in [2.05, 4.69) is 26.7 Å². The van der Waals surface area contributed by atoms with Crippen molar-refractivity contribution in [3.63, 3.8) is 0 Å². The van der Waals surface area contributed by atoms with Gasteiger partial charge in [0.15, 0.2) is 5.96 Å². The summed E-state index contributed by atoms with van der Waals surface area (Å²) in [7, 11) is 1.46. The maximum atomic E-state index is 11.6. The summed E-state index contributed by atoms with van der Waals surface area (Å²) < 4.78 is 7.03. The highest BCUT2D eigenvalue weighted by Gasteiger charge is 2.26. The Morgan fingerprint density at radius 3 is 2.76 bits per heavy atom. The number of aromatic nitrogens is 2. The molecule has 1 aliphatic heterocycles. The lowest BCUT2D eigenvalue weighted by atomic mass is 9.97. The standard InChI is InChI=1S/C18H31N5O2/c1-4-19-18(23-12-7-16(8-13-23)17(24)25-3)21-9-5-6-11-22-14-10-20-15(22)2/h10,14,16H,4-9,11-13H2,1-3H3,(H,19,21). The summed E-state index contributed by atoms with van der Waals surface area (Å²) in [6, 6.07) is 0. The van der Waals surface area contributed by atoms with Gasteiger partial charge < -0.3 is 19.5 Å². The van der Waals surface area contributed by atoms with Crippen molar-refractivity contribution in [3.8, 4) is 0 Å². The molecule has 25 heavy (non-hydrogen) atoms. The smallest absolute Gasteiger partial charge is 0.308 e. The zero-order chi connectivity index (χ0) is 18.1. The van der Waals surface area contributed by atoms with E-state index in [1.54, 1.807) is 0 Å². The molecule has 7 heteroatoms. The van der Waals surface area contributed by atoms with E-state index in [9.17, 15) is 4.79 Å². The number of unbranched alkanes of at least 4 members (excludes halogenated alkanes) is 1. The molecule has 0 saturated carbocycles. The van der Waals surface area contributed by atoms with E-state index in [-0.39, 0.29) is 11.9 Å². The molecule has 1 N–H and O–H groups in total. The second-order valence-electron chi connectivity index (χ2n) is 6.40. The van der Waals surface area contributed by atoms with E-state index in [1.807, 2.05) is 19.3 Å². The van der Waals surface area contributed by atoms with Crippen LogP contribution in [-0.2, 0) is 16.1 Å². The maximum absolute atomic E-state index is 11.6. The summed E-state index contributed by atoms with van der Waals surface area (Å²) >= 11 is 0. The van der Waals surface area contributed by atoms with Gasteiger partial charge in [0.1, 0.15) is 5.82 Å². The van der Waals surface area contributed by atoms with Crippen LogP contribution in [0.1, 0.15) is 38.4 Å². The van der Waals surface area contributed by atoms with Crippen molar-refractivity contribution in [1.29, 1.82) is 0 Å². The second-order valence-corrected chi connectivity index (χ2v) is 6.40. The first-order valence-corrected chi connectivity index (χ1v) is 9.24. The van der Waals surface area contributed by atoms with Crippen LogP contribution in [-0.4, -0.2) is 59.7 Å². The highest BCUT2D eigenvalue weighted by atomic mass is 16.5. The zero-order valence-electron chi connectivity index (χ0n) is 15.7. The van der Waals surface area contributed by atoms with Crippen LogP contribution in [0, 0.1) is 12.8 Å². The minimum Gasteiger partial charge on any atom is -0.469 e. The minimum atomic E-state index is -0.0867. The third-order valence-corrected chi connectivity index (χ3v) is 4.66. The van der Waals surface area contributed by atoms with Crippen molar-refractivity contribution >= 4 is 11.9 Å². The number of ether oxygens (including phenoxy) is 1. The lowest BCUT2D eigenvalue weighted by Gasteiger charge is -2.33. The summed E-state index contributed by atoms with van der Waals surface area (Å²) in [4.78, 5) is 22.9. The van der Waals surface area contributed by atoms with Gasteiger partial charge in [0.05, 0.1) is 13.0 Å². The van der Waals surface area contributed by atoms with Crippen molar-refractivity contribution in [1.82, 2.24) is 19.8 Å². The fourth-order valence-corrected chi connectivity index (χ4v) is 3.14. The molecule has 7 nitrogen and oxygen atoms in total. The number of methoxy groups -OCH3 is 1. The van der Waals surface area contributed by atoms with Crippen molar-refractivity contribution in [3.05, 3.63) is 18.2 Å². The van der Waals surface area contributed by atoms with E-state index in [0.29, 0.717) is 0 Å². The topological polar surface area (TPSA) is 71.8 Å². The number of nitrogens with one attached hydrogen (secondary N) is 1. The fraction of sp³-hybridized carbons (Fsp3) is 0.722. The molecule has 1 saturated heterocycles. The van der Waals surface area contributed by atoms with Crippen LogP contribution in [0.3, 0.4) is 0 Å². The monoisotopic (exact) mass is 349 g/mol. The van der Waals surface area contributed by atoms with Gasteiger partial charge in [0.25, 0.3) is 0 Å². The van der Waals surface area contributed by atoms with Crippen LogP contribution in [0.15, 0.2) is 17.4 Å². The number of imidazole rings is 1. The molecule has 1 aromatic heterocycles. The Labute approximate surface area is 150 Å². The van der Waals surface area contributed by atoms with E-state index >= 15 is 0 Å². The number of esters is 1. The van der Waals surface area contributed by atoms with Crippen LogP contribution in [0.5, 0.6) is 0 Å². The normalized spacial score (nSPS) is 16.1. The Morgan fingerprint density at radius 2 is 2.16 bits per heavy atom. The molecule has 0 amide bonds. The molecule has 2 rings (SSSR count). The van der Waals surface area contributed by atoms with Gasteiger partial charge in [-0.25, -0.2) is 4.98 Å². The summed E-state index contributed by atoms with van der Waals surface area (Å²) in [5.41, 5.74) is 0. The first-order valence-electron chi connectivity index (χ1n) is 9.24. The van der Waals surface area contributed by atoms with Gasteiger partial charge in [-0.2, -0.15) is 0 Å². The predicted octanol–water partition coefficient (Wildman–Crippen LogP) is 1.82. The number of aliphatic imine (C=N–C) groups is 1. The van der Waals surface area contributed by atoms with Gasteiger partial charge in [-0.1, -0.05) is 0 Å². The number of rotatable bonds is 7. The number of hydrogen-bond donors (Lipinski definition) is 1. The van der Waals surface area contributed by atoms with Gasteiger partial charge in [-0.3, -0.25) is 9.79 Å². The molecule has 0 atom stereocenters. The minimum absolute atomic E-state index is 0.0301. The molecular weight excluding hydrogens is 318 g/mol. The third-order valence-electron chi connectivity index (χ3n) is 4.66. The van der Waals surface area contributed by atoms with Crippen LogP contribution in [0.25, 0.3) is 0 Å². The fourth-order valence-electron chi connectivity index (χ4n) is 3.14. The largest absolute Gasteiger partial charge is 0.469 e. The summed E-state index contributed by atoms with van der Waals surface area (Å²) in [6.07, 6.45) is 7.66. The first-order chi connectivity index (χ1) is 12.2. The molecule has 1 fully saturated rings. The second kappa shape index (κ2) is 10.1. The van der Waals surface area contributed by atoms with E-state index < -0.39 is 0 Å². The Hall–Kier alpha value is -2.05. The number of hydrogen-bond acceptors (Lipinski definition) is 4. The summed E-state index contributed by atoms with van der Waals surface area (Å²) in [5.74, 6) is 1.97. The quantitative estimate of drug-likeness (QED) is 0.352. The summed E-state index contributed by atoms with van der Waals surface area (Å²) in [6.45, 7) is 8.46. The van der Waals surface area contributed by atoms with Crippen LogP contribution >= 0.6 is 0 Å². The first kappa shape index (κ1) is 19.3. The van der Waals surface area contributed by atoms with Crippen molar-refractivity contribution in [2.24, 2.45) is 10.9 Å². The molecule has 0 aromatic carbocycles. The lowest BCUT2D eigenvalue weighted by molar-refractivity contribution is -0.146. The Bertz CT molecular complexity index is 562. The molecule has 1 aromatic rings. The van der Waals surface area contributed by atoms with Crippen molar-refractivity contribution in [2.75, 3.05) is 33.3 Å². The molecular formula is C18H31N5O2. The zero-order valence-corrected chi connectivity index (χ0v) is 15.7. The summed E-state index contributed by atoms with van der Waals surface area (Å²) in [5, 5.41) is 3.37. The third kappa shape index (κ3) is 5.76. The van der Waals surface area contributed by atoms with Crippen LogP contribution in [0.2, 0.25) is 0 Å². The van der Waals surface area contributed by atoms with Gasteiger partial charge in [-0.15, -0.1) is 0 Å². The van der Waals surface area contributed by atoms with Crippen LogP contribution in [0.4, 0.5) is 0 Å². The number of likely N-dealkylation sites (tertiary alicyclic amines) is 1. The van der Waals surface area contributed by atoms with E-state index in [4.69, 9.17) is 9.73 Å². The Kier molecular flexibility index (Phi) is 7.76. The molecule has 1 aliphatic rings. The number of aryl methyl sites for hydroxylation is 2. The SMILES string of the molecule is CCNC(=NCCCCn1ccnc1C)N1CCC(C(=O)OC)CC1. The molecule has 0 bridgehead atoms. The van der Waals surface area contributed by atoms with Gasteiger partial charge in [0.2, 0.25) is 0 Å². The number of carbonyl (C=O) groups excluding carboxylic acids is 1. The van der Waals surface area contributed by atoms with E-state index in [0.717, 1.165) is 70.2 Å². The predicted molar refractivity (Wildman–Crippen MR) is 98.5 cm³/mol. The number of guanidine groups is 1. The number of piperidine rings is 1. The molecule has 0 aliphatic carbocycles. The molecule has 2 heterocycles.